The van der Waals surface area contributed by atoms with E-state index in [1.54, 1.807) is 0 Å². The van der Waals surface area contributed by atoms with Crippen LogP contribution in [0.15, 0.2) is 48.5 Å². The van der Waals surface area contributed by atoms with Crippen LogP contribution in [-0.2, 0) is 4.79 Å². The highest BCUT2D eigenvalue weighted by molar-refractivity contribution is 7.80. The molecular weight excluding hydrogens is 366 g/mol. The number of carbonyl (C=O) groups excluding carboxylic acids is 1. The highest BCUT2D eigenvalue weighted by Crippen LogP contribution is 2.24. The van der Waals surface area contributed by atoms with E-state index >= 15 is 0 Å². The van der Waals surface area contributed by atoms with Gasteiger partial charge in [-0.05, 0) is 61.8 Å². The first-order chi connectivity index (χ1) is 12.5. The fraction of sp³-hybridized carbons (Fsp3) is 0.300. The summed E-state index contributed by atoms with van der Waals surface area (Å²) in [6.45, 7) is 3.49. The van der Waals surface area contributed by atoms with Gasteiger partial charge in [0.1, 0.15) is 0 Å². The molecule has 0 spiro atoms. The molecule has 0 radical (unpaired) electrons. The first-order valence-corrected chi connectivity index (χ1v) is 9.50. The second-order valence-electron chi connectivity index (χ2n) is 6.46. The van der Waals surface area contributed by atoms with Crippen LogP contribution in [0.5, 0.6) is 0 Å². The van der Waals surface area contributed by atoms with Gasteiger partial charge in [-0.15, -0.1) is 0 Å². The number of carbonyl (C=O) groups is 1. The summed E-state index contributed by atoms with van der Waals surface area (Å²) in [7, 11) is 0. The number of para-hydroxylation sites is 1. The molecule has 6 heteroatoms. The summed E-state index contributed by atoms with van der Waals surface area (Å²) < 4.78 is 0. The molecule has 0 aliphatic carbocycles. The standard InChI is InChI=1S/C20H22ClN3OS/c1-14-17(21)8-5-9-18(14)23-20(26)24-12-10-15(11-13-24)19(25)22-16-6-3-2-4-7-16/h2-9,15H,10-13H2,1H3,(H,22,25)(H,23,26). The molecular formula is C20H22ClN3OS. The lowest BCUT2D eigenvalue weighted by Crippen LogP contribution is -2.43. The third-order valence-electron chi connectivity index (χ3n) is 4.70. The largest absolute Gasteiger partial charge is 0.349 e. The van der Waals surface area contributed by atoms with Gasteiger partial charge in [0.15, 0.2) is 5.11 Å². The predicted octanol–water partition coefficient (Wildman–Crippen LogP) is 4.70. The zero-order valence-corrected chi connectivity index (χ0v) is 16.2. The zero-order chi connectivity index (χ0) is 18.5. The summed E-state index contributed by atoms with van der Waals surface area (Å²) >= 11 is 11.7. The summed E-state index contributed by atoms with van der Waals surface area (Å²) in [6.07, 6.45) is 1.57. The van der Waals surface area contributed by atoms with Crippen molar-refractivity contribution in [2.75, 3.05) is 23.7 Å². The topological polar surface area (TPSA) is 44.4 Å². The van der Waals surface area contributed by atoms with E-state index in [1.165, 1.54) is 0 Å². The number of piperidine rings is 1. The lowest BCUT2D eigenvalue weighted by molar-refractivity contribution is -0.120. The van der Waals surface area contributed by atoms with Gasteiger partial charge in [-0.3, -0.25) is 4.79 Å². The number of amides is 1. The highest BCUT2D eigenvalue weighted by Gasteiger charge is 2.26. The van der Waals surface area contributed by atoms with Gasteiger partial charge < -0.3 is 15.5 Å². The average molecular weight is 388 g/mol. The van der Waals surface area contributed by atoms with Gasteiger partial charge in [0.25, 0.3) is 0 Å². The minimum atomic E-state index is 0.0159. The monoisotopic (exact) mass is 387 g/mol. The van der Waals surface area contributed by atoms with Crippen LogP contribution >= 0.6 is 23.8 Å². The van der Waals surface area contributed by atoms with E-state index in [-0.39, 0.29) is 11.8 Å². The van der Waals surface area contributed by atoms with E-state index in [4.69, 9.17) is 23.8 Å². The van der Waals surface area contributed by atoms with Gasteiger partial charge >= 0.3 is 0 Å². The van der Waals surface area contributed by atoms with Crippen molar-refractivity contribution in [1.29, 1.82) is 0 Å². The lowest BCUT2D eigenvalue weighted by Gasteiger charge is -2.33. The highest BCUT2D eigenvalue weighted by atomic mass is 35.5. The van der Waals surface area contributed by atoms with Crippen molar-refractivity contribution in [3.63, 3.8) is 0 Å². The number of halogens is 1. The molecule has 136 valence electrons. The Morgan fingerprint density at radius 1 is 1.08 bits per heavy atom. The Bertz CT molecular complexity index is 789. The number of thiocarbonyl (C=S) groups is 1. The van der Waals surface area contributed by atoms with Crippen LogP contribution in [-0.4, -0.2) is 29.0 Å². The van der Waals surface area contributed by atoms with E-state index in [0.717, 1.165) is 42.9 Å². The Morgan fingerprint density at radius 2 is 1.77 bits per heavy atom. The number of benzene rings is 2. The fourth-order valence-corrected chi connectivity index (χ4v) is 3.51. The average Bonchev–Trinajstić information content (AvgIpc) is 2.66. The van der Waals surface area contributed by atoms with E-state index in [9.17, 15) is 4.79 Å². The van der Waals surface area contributed by atoms with Gasteiger partial charge in [-0.1, -0.05) is 35.9 Å². The second-order valence-corrected chi connectivity index (χ2v) is 7.25. The Hall–Kier alpha value is -2.11. The van der Waals surface area contributed by atoms with Crippen LogP contribution in [0.25, 0.3) is 0 Å². The predicted molar refractivity (Wildman–Crippen MR) is 112 cm³/mol. The molecule has 0 atom stereocenters. The molecule has 1 saturated heterocycles. The molecule has 26 heavy (non-hydrogen) atoms. The normalized spacial score (nSPS) is 14.8. The lowest BCUT2D eigenvalue weighted by atomic mass is 9.96. The van der Waals surface area contributed by atoms with Gasteiger partial charge in [0.2, 0.25) is 5.91 Å². The molecule has 2 aromatic rings. The van der Waals surface area contributed by atoms with Gasteiger partial charge in [0.05, 0.1) is 0 Å². The van der Waals surface area contributed by atoms with Crippen molar-refractivity contribution >= 4 is 46.2 Å². The molecule has 2 N–H and O–H groups in total. The molecule has 1 heterocycles. The summed E-state index contributed by atoms with van der Waals surface area (Å²) in [5, 5.41) is 7.66. The van der Waals surface area contributed by atoms with Crippen LogP contribution in [0.1, 0.15) is 18.4 Å². The molecule has 1 aliphatic heterocycles. The molecule has 1 amide bonds. The molecule has 1 fully saturated rings. The van der Waals surface area contributed by atoms with E-state index in [0.29, 0.717) is 10.1 Å². The van der Waals surface area contributed by atoms with E-state index in [2.05, 4.69) is 15.5 Å². The first kappa shape index (κ1) is 18.7. The maximum atomic E-state index is 12.4. The molecule has 4 nitrogen and oxygen atoms in total. The minimum Gasteiger partial charge on any atom is -0.349 e. The third kappa shape index (κ3) is 4.54. The van der Waals surface area contributed by atoms with Gasteiger partial charge in [-0.25, -0.2) is 0 Å². The number of nitrogens with one attached hydrogen (secondary N) is 2. The van der Waals surface area contributed by atoms with Crippen LogP contribution in [0, 0.1) is 12.8 Å². The summed E-state index contributed by atoms with van der Waals surface area (Å²) in [5.41, 5.74) is 2.74. The maximum Gasteiger partial charge on any atom is 0.227 e. The third-order valence-corrected chi connectivity index (χ3v) is 5.47. The molecule has 0 unspecified atom stereocenters. The van der Waals surface area contributed by atoms with Crippen molar-refractivity contribution in [3.05, 3.63) is 59.1 Å². The molecule has 3 rings (SSSR count). The molecule has 2 aromatic carbocycles. The van der Waals surface area contributed by atoms with Crippen LogP contribution in [0.3, 0.4) is 0 Å². The zero-order valence-electron chi connectivity index (χ0n) is 14.7. The number of anilines is 2. The molecule has 1 aliphatic rings. The quantitative estimate of drug-likeness (QED) is 0.749. The van der Waals surface area contributed by atoms with Crippen molar-refractivity contribution in [3.8, 4) is 0 Å². The fourth-order valence-electron chi connectivity index (χ4n) is 3.05. The number of nitrogens with zero attached hydrogens (tertiary/aromatic N) is 1. The number of hydrogen-bond acceptors (Lipinski definition) is 2. The molecule has 0 bridgehead atoms. The number of likely N-dealkylation sites (tertiary alicyclic amines) is 1. The Kier molecular flexibility index (Phi) is 6.12. The SMILES string of the molecule is Cc1c(Cl)cccc1NC(=S)N1CCC(C(=O)Nc2ccccc2)CC1. The Morgan fingerprint density at radius 3 is 2.46 bits per heavy atom. The van der Waals surface area contributed by atoms with Crippen molar-refractivity contribution < 1.29 is 4.79 Å². The molecule has 0 aromatic heterocycles. The van der Waals surface area contributed by atoms with Crippen LogP contribution in [0.2, 0.25) is 5.02 Å². The maximum absolute atomic E-state index is 12.4. The van der Waals surface area contributed by atoms with Crippen molar-refractivity contribution in [2.45, 2.75) is 19.8 Å². The van der Waals surface area contributed by atoms with E-state index < -0.39 is 0 Å². The summed E-state index contributed by atoms with van der Waals surface area (Å²) in [6, 6.07) is 15.3. The molecule has 0 saturated carbocycles. The Balaban J connectivity index is 1.52. The van der Waals surface area contributed by atoms with Gasteiger partial charge in [-0.2, -0.15) is 0 Å². The van der Waals surface area contributed by atoms with E-state index in [1.807, 2.05) is 55.5 Å². The van der Waals surface area contributed by atoms with Crippen LogP contribution < -0.4 is 10.6 Å². The summed E-state index contributed by atoms with van der Waals surface area (Å²) in [5.74, 6) is 0.0996. The smallest absolute Gasteiger partial charge is 0.227 e. The van der Waals surface area contributed by atoms with Crippen LogP contribution in [0.4, 0.5) is 11.4 Å². The summed E-state index contributed by atoms with van der Waals surface area (Å²) in [4.78, 5) is 14.5. The van der Waals surface area contributed by atoms with Crippen molar-refractivity contribution in [1.82, 2.24) is 4.90 Å². The number of rotatable bonds is 3. The van der Waals surface area contributed by atoms with Gasteiger partial charge in [0, 0.05) is 35.4 Å². The minimum absolute atomic E-state index is 0.0159. The number of hydrogen-bond donors (Lipinski definition) is 2. The first-order valence-electron chi connectivity index (χ1n) is 8.71. The van der Waals surface area contributed by atoms with Crippen molar-refractivity contribution in [2.24, 2.45) is 5.92 Å². The second kappa shape index (κ2) is 8.52. The Labute approximate surface area is 164 Å².